The molecule has 0 unspecified atom stereocenters. The fraction of sp³-hybridized carbons (Fsp3) is 0.0392. The zero-order chi connectivity index (χ0) is 38.6. The molecule has 0 atom stereocenters. The Morgan fingerprint density at radius 3 is 1.86 bits per heavy atom. The number of fused-ring (bicyclic) bond motifs is 12. The molecule has 1 aliphatic carbocycles. The van der Waals surface area contributed by atoms with Crippen molar-refractivity contribution in [3.63, 3.8) is 0 Å². The number of aryl methyl sites for hydroxylation is 1. The summed E-state index contributed by atoms with van der Waals surface area (Å²) in [5, 5.41) is 37.0. The predicted octanol–water partition coefficient (Wildman–Crippen LogP) is 12.8. The van der Waals surface area contributed by atoms with E-state index in [2.05, 4.69) is 106 Å². The lowest BCUT2D eigenvalue weighted by atomic mass is 9.98. The zero-order valence-electron chi connectivity index (χ0n) is 30.7. The van der Waals surface area contributed by atoms with E-state index < -0.39 is 0 Å². The molecule has 11 aromatic rings. The van der Waals surface area contributed by atoms with Crippen LogP contribution in [0.25, 0.3) is 105 Å². The van der Waals surface area contributed by atoms with Gasteiger partial charge in [-0.3, -0.25) is 0 Å². The summed E-state index contributed by atoms with van der Waals surface area (Å²) in [6, 6.07) is 49.9. The van der Waals surface area contributed by atoms with E-state index in [0.29, 0.717) is 16.7 Å². The van der Waals surface area contributed by atoms with Gasteiger partial charge in [0.2, 0.25) is 0 Å². The van der Waals surface area contributed by atoms with Crippen LogP contribution in [0.15, 0.2) is 142 Å². The van der Waals surface area contributed by atoms with Gasteiger partial charge in [0, 0.05) is 66.8 Å². The van der Waals surface area contributed by atoms with Crippen LogP contribution in [0.4, 0.5) is 0 Å². The summed E-state index contributed by atoms with van der Waals surface area (Å²) >= 11 is 0. The van der Waals surface area contributed by atoms with Crippen molar-refractivity contribution in [1.29, 1.82) is 15.8 Å². The molecule has 58 heavy (non-hydrogen) atoms. The van der Waals surface area contributed by atoms with Crippen LogP contribution < -0.4 is 0 Å². The van der Waals surface area contributed by atoms with Gasteiger partial charge < -0.3 is 18.0 Å². The summed E-state index contributed by atoms with van der Waals surface area (Å²) < 4.78 is 17.2. The van der Waals surface area contributed by atoms with Crippen LogP contribution in [-0.4, -0.2) is 9.13 Å². The molecule has 268 valence electrons. The number of allylic oxidation sites excluding steroid dienone is 1. The number of rotatable bonds is 3. The minimum Gasteiger partial charge on any atom is -0.456 e. The average Bonchev–Trinajstić information content (AvgIpc) is 4.01. The van der Waals surface area contributed by atoms with Gasteiger partial charge >= 0.3 is 0 Å². The highest BCUT2D eigenvalue weighted by atomic mass is 16.3. The Labute approximate surface area is 330 Å². The third-order valence-electron chi connectivity index (χ3n) is 11.9. The molecule has 0 radical (unpaired) electrons. The molecule has 0 fully saturated rings. The van der Waals surface area contributed by atoms with E-state index >= 15 is 0 Å². The lowest BCUT2D eigenvalue weighted by Crippen LogP contribution is -1.96. The standard InChI is InChI=1S/C51H27N5O2/c52-26-29-6-5-7-34(18-29)55-44-16-13-30(20-38(44)40-22-42-36-8-1-3-10-48(36)57-50(42)24-46(40)55)31-14-17-45-39(21-31)41-23-43-37-9-2-4-11-49(37)58-51(43)25-47(41)56(45)35-15-12-32(27-53)33(19-35)28-54/h1,3-8,10-25H,2,9H2. The first-order chi connectivity index (χ1) is 28.6. The maximum absolute atomic E-state index is 9.96. The van der Waals surface area contributed by atoms with E-state index in [1.165, 1.54) is 5.56 Å². The van der Waals surface area contributed by atoms with Gasteiger partial charge in [0.15, 0.2) is 0 Å². The van der Waals surface area contributed by atoms with Crippen molar-refractivity contribution in [3.8, 4) is 40.7 Å². The molecule has 7 aromatic carbocycles. The van der Waals surface area contributed by atoms with Gasteiger partial charge in [0.05, 0.1) is 44.8 Å². The van der Waals surface area contributed by atoms with E-state index in [1.54, 1.807) is 12.1 Å². The zero-order valence-corrected chi connectivity index (χ0v) is 30.7. The van der Waals surface area contributed by atoms with Crippen molar-refractivity contribution < 1.29 is 8.83 Å². The number of benzene rings is 7. The van der Waals surface area contributed by atoms with Crippen LogP contribution >= 0.6 is 0 Å². The molecule has 0 spiro atoms. The number of furan rings is 2. The quantitative estimate of drug-likeness (QED) is 0.179. The molecule has 12 rings (SSSR count). The largest absolute Gasteiger partial charge is 0.456 e. The Hall–Kier alpha value is -8.31. The number of nitrogens with zero attached hydrogens (tertiary/aromatic N) is 5. The first-order valence-electron chi connectivity index (χ1n) is 19.1. The number of hydrogen-bond donors (Lipinski definition) is 0. The minimum absolute atomic E-state index is 0.332. The maximum Gasteiger partial charge on any atom is 0.137 e. The van der Waals surface area contributed by atoms with Gasteiger partial charge in [-0.1, -0.05) is 42.5 Å². The normalized spacial score (nSPS) is 12.6. The molecule has 0 saturated heterocycles. The molecule has 0 amide bonds. The van der Waals surface area contributed by atoms with E-state index in [4.69, 9.17) is 8.83 Å². The second-order valence-corrected chi connectivity index (χ2v) is 15.0. The number of para-hydroxylation sites is 1. The fourth-order valence-corrected chi connectivity index (χ4v) is 9.22. The molecule has 0 N–H and O–H groups in total. The molecular weight excluding hydrogens is 715 g/mol. The highest BCUT2D eigenvalue weighted by Crippen LogP contribution is 2.43. The van der Waals surface area contributed by atoms with Crippen LogP contribution in [0.1, 0.15) is 34.4 Å². The maximum atomic E-state index is 9.96. The lowest BCUT2D eigenvalue weighted by Gasteiger charge is -2.10. The van der Waals surface area contributed by atoms with Crippen molar-refractivity contribution in [2.45, 2.75) is 12.8 Å². The number of nitriles is 3. The first-order valence-corrected chi connectivity index (χ1v) is 19.1. The highest BCUT2D eigenvalue weighted by molar-refractivity contribution is 6.19. The molecular formula is C51H27N5O2. The van der Waals surface area contributed by atoms with E-state index in [0.717, 1.165) is 118 Å². The minimum atomic E-state index is 0.332. The van der Waals surface area contributed by atoms with Gasteiger partial charge in [-0.15, -0.1) is 0 Å². The second-order valence-electron chi connectivity index (χ2n) is 15.0. The monoisotopic (exact) mass is 741 g/mol. The lowest BCUT2D eigenvalue weighted by molar-refractivity contribution is 0.595. The Morgan fingerprint density at radius 2 is 1.14 bits per heavy atom. The average molecular weight is 742 g/mol. The van der Waals surface area contributed by atoms with Gasteiger partial charge in [0.1, 0.15) is 34.6 Å². The van der Waals surface area contributed by atoms with Gasteiger partial charge in [0.25, 0.3) is 0 Å². The van der Waals surface area contributed by atoms with Crippen LogP contribution in [0.2, 0.25) is 0 Å². The van der Waals surface area contributed by atoms with Crippen molar-refractivity contribution in [2.24, 2.45) is 0 Å². The third-order valence-corrected chi connectivity index (χ3v) is 11.9. The van der Waals surface area contributed by atoms with E-state index in [9.17, 15) is 15.8 Å². The molecule has 7 heteroatoms. The number of aromatic nitrogens is 2. The van der Waals surface area contributed by atoms with Crippen LogP contribution in [0.3, 0.4) is 0 Å². The summed E-state index contributed by atoms with van der Waals surface area (Å²) in [6.07, 6.45) is 6.12. The number of hydrogen-bond acceptors (Lipinski definition) is 5. The van der Waals surface area contributed by atoms with Crippen LogP contribution in [0, 0.1) is 34.0 Å². The summed E-state index contributed by atoms with van der Waals surface area (Å²) in [7, 11) is 0. The van der Waals surface area contributed by atoms with Gasteiger partial charge in [-0.2, -0.15) is 15.8 Å². The predicted molar refractivity (Wildman–Crippen MR) is 229 cm³/mol. The molecule has 4 heterocycles. The Bertz CT molecular complexity index is 3790. The smallest absolute Gasteiger partial charge is 0.137 e. The second kappa shape index (κ2) is 11.8. The summed E-state index contributed by atoms with van der Waals surface area (Å²) in [5.74, 6) is 0.906. The van der Waals surface area contributed by atoms with E-state index in [-0.39, 0.29) is 0 Å². The Morgan fingerprint density at radius 1 is 0.466 bits per heavy atom. The van der Waals surface area contributed by atoms with Crippen molar-refractivity contribution in [2.75, 3.05) is 0 Å². The van der Waals surface area contributed by atoms with Crippen molar-refractivity contribution in [3.05, 3.63) is 161 Å². The molecule has 4 aromatic heterocycles. The van der Waals surface area contributed by atoms with Crippen molar-refractivity contribution in [1.82, 2.24) is 9.13 Å². The third kappa shape index (κ3) is 4.46. The summed E-state index contributed by atoms with van der Waals surface area (Å²) in [4.78, 5) is 0. The topological polar surface area (TPSA) is 108 Å². The Balaban J connectivity index is 1.12. The van der Waals surface area contributed by atoms with Gasteiger partial charge in [-0.05, 0) is 109 Å². The van der Waals surface area contributed by atoms with Crippen molar-refractivity contribution >= 4 is 82.6 Å². The molecule has 7 nitrogen and oxygen atoms in total. The summed E-state index contributed by atoms with van der Waals surface area (Å²) in [5.41, 5.74) is 12.8. The van der Waals surface area contributed by atoms with Crippen LogP contribution in [0.5, 0.6) is 0 Å². The molecule has 0 aliphatic heterocycles. The highest BCUT2D eigenvalue weighted by Gasteiger charge is 2.22. The molecule has 0 bridgehead atoms. The molecule has 0 saturated carbocycles. The van der Waals surface area contributed by atoms with Crippen LogP contribution in [-0.2, 0) is 6.42 Å². The van der Waals surface area contributed by atoms with E-state index in [1.807, 2.05) is 48.5 Å². The SMILES string of the molecule is N#Cc1cccc(-n2c3ccc(-c4ccc5c(c4)c4cc6c7c(oc6cc4n5-c4ccc(C#N)c(C#N)c4)C=CCC7)cc3c3cc4c(cc32)oc2ccccc24)c1. The molecule has 1 aliphatic rings. The first kappa shape index (κ1) is 32.0. The Kier molecular flexibility index (Phi) is 6.53. The van der Waals surface area contributed by atoms with Gasteiger partial charge in [-0.25, -0.2) is 0 Å². The summed E-state index contributed by atoms with van der Waals surface area (Å²) in [6.45, 7) is 0. The fourth-order valence-electron chi connectivity index (χ4n) is 9.22.